The first-order chi connectivity index (χ1) is 11.2. The summed E-state index contributed by atoms with van der Waals surface area (Å²) in [5, 5.41) is 8.86. The first-order valence-electron chi connectivity index (χ1n) is 7.39. The van der Waals surface area contributed by atoms with Crippen molar-refractivity contribution < 1.29 is 9.90 Å². The molecule has 0 unspecified atom stereocenters. The van der Waals surface area contributed by atoms with E-state index in [1.54, 1.807) is 6.08 Å². The van der Waals surface area contributed by atoms with Crippen LogP contribution in [0.5, 0.6) is 0 Å². The molecule has 0 atom stereocenters. The fourth-order valence-electron chi connectivity index (χ4n) is 2.51. The maximum Gasteiger partial charge on any atom is 0.328 e. The molecule has 23 heavy (non-hydrogen) atoms. The third-order valence-corrected chi connectivity index (χ3v) is 3.59. The van der Waals surface area contributed by atoms with Gasteiger partial charge >= 0.3 is 5.97 Å². The summed E-state index contributed by atoms with van der Waals surface area (Å²) in [5.41, 5.74) is 5.21. The second-order valence-corrected chi connectivity index (χ2v) is 5.25. The zero-order valence-corrected chi connectivity index (χ0v) is 12.5. The summed E-state index contributed by atoms with van der Waals surface area (Å²) in [7, 11) is 0. The summed E-state index contributed by atoms with van der Waals surface area (Å²) in [6.07, 6.45) is 2.79. The molecule has 3 rings (SSSR count). The van der Waals surface area contributed by atoms with Crippen LogP contribution >= 0.6 is 0 Å². The SMILES string of the molecule is O=C(O)C=Cc1cc(-c2ccccc2)cc(-c2ccccc2)c1. The first-order valence-corrected chi connectivity index (χ1v) is 7.39. The lowest BCUT2D eigenvalue weighted by Crippen LogP contribution is -1.88. The van der Waals surface area contributed by atoms with Crippen LogP contribution in [0.4, 0.5) is 0 Å². The minimum absolute atomic E-state index is 0.868. The van der Waals surface area contributed by atoms with Crippen LogP contribution in [-0.2, 0) is 4.79 Å². The Hall–Kier alpha value is -3.13. The smallest absolute Gasteiger partial charge is 0.328 e. The molecule has 0 aliphatic carbocycles. The molecule has 0 heterocycles. The summed E-state index contributed by atoms with van der Waals surface area (Å²) in [6.45, 7) is 0. The number of benzene rings is 3. The normalized spacial score (nSPS) is 10.8. The molecule has 1 N–H and O–H groups in total. The van der Waals surface area contributed by atoms with Gasteiger partial charge in [-0.3, -0.25) is 0 Å². The second kappa shape index (κ2) is 6.75. The number of carboxylic acid groups (broad SMARTS) is 1. The minimum atomic E-state index is -0.948. The van der Waals surface area contributed by atoms with Crippen LogP contribution in [0, 0.1) is 0 Å². The van der Waals surface area contributed by atoms with Gasteiger partial charge in [0.1, 0.15) is 0 Å². The van der Waals surface area contributed by atoms with E-state index < -0.39 is 5.97 Å². The predicted molar refractivity (Wildman–Crippen MR) is 94.0 cm³/mol. The van der Waals surface area contributed by atoms with Crippen LogP contribution in [0.3, 0.4) is 0 Å². The van der Waals surface area contributed by atoms with E-state index in [2.05, 4.69) is 30.3 Å². The van der Waals surface area contributed by atoms with Crippen molar-refractivity contribution in [2.45, 2.75) is 0 Å². The van der Waals surface area contributed by atoms with Crippen LogP contribution < -0.4 is 0 Å². The van der Waals surface area contributed by atoms with E-state index in [1.165, 1.54) is 6.08 Å². The van der Waals surface area contributed by atoms with E-state index in [0.29, 0.717) is 0 Å². The molecule has 3 aromatic rings. The standard InChI is InChI=1S/C21H16O2/c22-21(23)12-11-16-13-19(17-7-3-1-4-8-17)15-20(14-16)18-9-5-2-6-10-18/h1-15H,(H,22,23). The van der Waals surface area contributed by atoms with E-state index in [-0.39, 0.29) is 0 Å². The molecule has 0 aliphatic heterocycles. The number of carbonyl (C=O) groups is 1. The van der Waals surface area contributed by atoms with Crippen LogP contribution in [0.15, 0.2) is 84.9 Å². The molecule has 0 fully saturated rings. The molecule has 0 spiro atoms. The summed E-state index contributed by atoms with van der Waals surface area (Å²) in [6, 6.07) is 26.3. The lowest BCUT2D eigenvalue weighted by molar-refractivity contribution is -0.131. The van der Waals surface area contributed by atoms with Crippen molar-refractivity contribution >= 4 is 12.0 Å². The Labute approximate surface area is 135 Å². The lowest BCUT2D eigenvalue weighted by atomic mass is 9.96. The number of aliphatic carboxylic acids is 1. The van der Waals surface area contributed by atoms with Gasteiger partial charge in [0.05, 0.1) is 0 Å². The van der Waals surface area contributed by atoms with E-state index in [1.807, 2.05) is 48.5 Å². The van der Waals surface area contributed by atoms with Gasteiger partial charge in [0, 0.05) is 6.08 Å². The highest BCUT2D eigenvalue weighted by molar-refractivity contribution is 5.86. The molecule has 0 aromatic heterocycles. The number of rotatable bonds is 4. The van der Waals surface area contributed by atoms with Crippen molar-refractivity contribution in [3.63, 3.8) is 0 Å². The van der Waals surface area contributed by atoms with Crippen molar-refractivity contribution in [3.05, 3.63) is 90.5 Å². The van der Waals surface area contributed by atoms with Gasteiger partial charge in [0.25, 0.3) is 0 Å². The molecule has 0 aliphatic rings. The third-order valence-electron chi connectivity index (χ3n) is 3.59. The van der Waals surface area contributed by atoms with E-state index >= 15 is 0 Å². The Kier molecular flexibility index (Phi) is 4.34. The largest absolute Gasteiger partial charge is 0.478 e. The van der Waals surface area contributed by atoms with Gasteiger partial charge < -0.3 is 5.11 Å². The van der Waals surface area contributed by atoms with Crippen LogP contribution in [0.25, 0.3) is 28.3 Å². The molecule has 0 amide bonds. The minimum Gasteiger partial charge on any atom is -0.478 e. The summed E-state index contributed by atoms with van der Waals surface area (Å²) >= 11 is 0. The van der Waals surface area contributed by atoms with Crippen molar-refractivity contribution in [1.82, 2.24) is 0 Å². The van der Waals surface area contributed by atoms with Crippen molar-refractivity contribution in [2.75, 3.05) is 0 Å². The second-order valence-electron chi connectivity index (χ2n) is 5.25. The maximum absolute atomic E-state index is 10.8. The van der Waals surface area contributed by atoms with Crippen LogP contribution in [0.2, 0.25) is 0 Å². The topological polar surface area (TPSA) is 37.3 Å². The molecular weight excluding hydrogens is 284 g/mol. The van der Waals surface area contributed by atoms with Crippen LogP contribution in [0.1, 0.15) is 5.56 Å². The molecule has 0 radical (unpaired) electrons. The fourth-order valence-corrected chi connectivity index (χ4v) is 2.51. The Morgan fingerprint density at radius 3 is 1.61 bits per heavy atom. The zero-order valence-electron chi connectivity index (χ0n) is 12.5. The maximum atomic E-state index is 10.8. The van der Waals surface area contributed by atoms with Gasteiger partial charge in [-0.25, -0.2) is 4.79 Å². The van der Waals surface area contributed by atoms with Gasteiger partial charge in [-0.15, -0.1) is 0 Å². The van der Waals surface area contributed by atoms with Gasteiger partial charge in [-0.2, -0.15) is 0 Å². The number of hydrogen-bond donors (Lipinski definition) is 1. The molecule has 3 aromatic carbocycles. The Balaban J connectivity index is 2.13. The summed E-state index contributed by atoms with van der Waals surface area (Å²) in [4.78, 5) is 10.8. The highest BCUT2D eigenvalue weighted by Crippen LogP contribution is 2.28. The lowest BCUT2D eigenvalue weighted by Gasteiger charge is -2.09. The van der Waals surface area contributed by atoms with Gasteiger partial charge in [-0.05, 0) is 52.1 Å². The third kappa shape index (κ3) is 3.74. The summed E-state index contributed by atoms with van der Waals surface area (Å²) in [5.74, 6) is -0.948. The fraction of sp³-hybridized carbons (Fsp3) is 0. The van der Waals surface area contributed by atoms with E-state index in [4.69, 9.17) is 5.11 Å². The summed E-state index contributed by atoms with van der Waals surface area (Å²) < 4.78 is 0. The average molecular weight is 300 g/mol. The first kappa shape index (κ1) is 14.8. The highest BCUT2D eigenvalue weighted by Gasteiger charge is 2.04. The Morgan fingerprint density at radius 1 is 0.696 bits per heavy atom. The molecule has 0 bridgehead atoms. The molecular formula is C21H16O2. The number of hydrogen-bond acceptors (Lipinski definition) is 1. The average Bonchev–Trinajstić information content (AvgIpc) is 2.61. The zero-order chi connectivity index (χ0) is 16.1. The Bertz CT molecular complexity index is 776. The highest BCUT2D eigenvalue weighted by atomic mass is 16.4. The van der Waals surface area contributed by atoms with Gasteiger partial charge in [0.2, 0.25) is 0 Å². The van der Waals surface area contributed by atoms with E-state index in [9.17, 15) is 4.79 Å². The monoisotopic (exact) mass is 300 g/mol. The van der Waals surface area contributed by atoms with E-state index in [0.717, 1.165) is 27.8 Å². The molecule has 2 nitrogen and oxygen atoms in total. The van der Waals surface area contributed by atoms with Crippen molar-refractivity contribution in [2.24, 2.45) is 0 Å². The van der Waals surface area contributed by atoms with Crippen molar-refractivity contribution in [1.29, 1.82) is 0 Å². The molecule has 2 heteroatoms. The molecule has 0 saturated carbocycles. The van der Waals surface area contributed by atoms with Crippen molar-refractivity contribution in [3.8, 4) is 22.3 Å². The number of carboxylic acids is 1. The quantitative estimate of drug-likeness (QED) is 0.679. The van der Waals surface area contributed by atoms with Crippen LogP contribution in [-0.4, -0.2) is 11.1 Å². The predicted octanol–water partition coefficient (Wildman–Crippen LogP) is 5.12. The molecule has 112 valence electrons. The Morgan fingerprint density at radius 2 is 1.17 bits per heavy atom. The van der Waals surface area contributed by atoms with Gasteiger partial charge in [-0.1, -0.05) is 60.7 Å². The van der Waals surface area contributed by atoms with Gasteiger partial charge in [0.15, 0.2) is 0 Å². The molecule has 0 saturated heterocycles.